The van der Waals surface area contributed by atoms with E-state index in [0.29, 0.717) is 5.92 Å². The lowest BCUT2D eigenvalue weighted by Crippen LogP contribution is -2.16. The molecule has 0 bridgehead atoms. The smallest absolute Gasteiger partial charge is 0.119 e. The van der Waals surface area contributed by atoms with Crippen molar-refractivity contribution in [2.24, 2.45) is 11.8 Å². The summed E-state index contributed by atoms with van der Waals surface area (Å²) in [6.07, 6.45) is 4.29. The summed E-state index contributed by atoms with van der Waals surface area (Å²) >= 11 is 0. The molecular weight excluding hydrogens is 288 g/mol. The number of ether oxygens (including phenoxy) is 1. The van der Waals surface area contributed by atoms with Gasteiger partial charge in [-0.2, -0.15) is 0 Å². The first-order valence-electron chi connectivity index (χ1n) is 8.36. The quantitative estimate of drug-likeness (QED) is 0.801. The summed E-state index contributed by atoms with van der Waals surface area (Å²) in [5.41, 5.74) is 0.923. The summed E-state index contributed by atoms with van der Waals surface area (Å²) in [5, 5.41) is 10.5. The molecule has 2 unspecified atom stereocenters. The SMILES string of the molecule is Cc1nccn1CC(C)C(O)c1ccc(OCCC(C)C)cc1. The largest absolute Gasteiger partial charge is 0.494 e. The van der Waals surface area contributed by atoms with Gasteiger partial charge in [-0.25, -0.2) is 4.98 Å². The lowest BCUT2D eigenvalue weighted by Gasteiger charge is -2.20. The molecule has 4 nitrogen and oxygen atoms in total. The van der Waals surface area contributed by atoms with Gasteiger partial charge in [-0.05, 0) is 37.0 Å². The van der Waals surface area contributed by atoms with Crippen molar-refractivity contribution in [3.8, 4) is 5.75 Å². The Hall–Kier alpha value is -1.81. The first-order valence-corrected chi connectivity index (χ1v) is 8.36. The number of hydrogen-bond acceptors (Lipinski definition) is 3. The summed E-state index contributed by atoms with van der Waals surface area (Å²) in [7, 11) is 0. The fraction of sp³-hybridized carbons (Fsp3) is 0.526. The van der Waals surface area contributed by atoms with Crippen molar-refractivity contribution in [1.82, 2.24) is 9.55 Å². The van der Waals surface area contributed by atoms with Gasteiger partial charge in [-0.15, -0.1) is 0 Å². The third kappa shape index (κ3) is 5.10. The fourth-order valence-corrected chi connectivity index (χ4v) is 2.51. The molecule has 2 atom stereocenters. The van der Waals surface area contributed by atoms with E-state index >= 15 is 0 Å². The molecule has 1 aromatic carbocycles. The zero-order valence-electron chi connectivity index (χ0n) is 14.6. The van der Waals surface area contributed by atoms with Crippen molar-refractivity contribution in [2.75, 3.05) is 6.61 Å². The number of aliphatic hydroxyl groups is 1. The second-order valence-corrected chi connectivity index (χ2v) is 6.65. The van der Waals surface area contributed by atoms with E-state index in [1.165, 1.54) is 0 Å². The average Bonchev–Trinajstić information content (AvgIpc) is 2.92. The summed E-state index contributed by atoms with van der Waals surface area (Å²) in [4.78, 5) is 4.22. The average molecular weight is 316 g/mol. The Kier molecular flexibility index (Phi) is 6.22. The van der Waals surface area contributed by atoms with Crippen LogP contribution >= 0.6 is 0 Å². The number of aliphatic hydroxyl groups excluding tert-OH is 1. The van der Waals surface area contributed by atoms with Crippen molar-refractivity contribution < 1.29 is 9.84 Å². The van der Waals surface area contributed by atoms with Gasteiger partial charge in [0, 0.05) is 24.9 Å². The number of nitrogens with zero attached hydrogens (tertiary/aromatic N) is 2. The molecule has 0 saturated carbocycles. The number of aromatic nitrogens is 2. The number of imidazole rings is 1. The van der Waals surface area contributed by atoms with Crippen molar-refractivity contribution in [1.29, 1.82) is 0 Å². The van der Waals surface area contributed by atoms with Crippen molar-refractivity contribution in [2.45, 2.75) is 46.8 Å². The normalized spacial score (nSPS) is 14.0. The molecule has 1 aromatic heterocycles. The van der Waals surface area contributed by atoms with Crippen LogP contribution < -0.4 is 4.74 Å². The third-order valence-corrected chi connectivity index (χ3v) is 4.13. The molecule has 1 heterocycles. The first-order chi connectivity index (χ1) is 11.0. The van der Waals surface area contributed by atoms with Crippen molar-refractivity contribution in [3.63, 3.8) is 0 Å². The minimum absolute atomic E-state index is 0.107. The van der Waals surface area contributed by atoms with Gasteiger partial charge in [0.25, 0.3) is 0 Å². The summed E-state index contributed by atoms with van der Waals surface area (Å²) in [6, 6.07) is 7.78. The monoisotopic (exact) mass is 316 g/mol. The lowest BCUT2D eigenvalue weighted by molar-refractivity contribution is 0.107. The molecule has 0 aliphatic rings. The van der Waals surface area contributed by atoms with Crippen LogP contribution in [-0.2, 0) is 6.54 Å². The second kappa shape index (κ2) is 8.16. The van der Waals surface area contributed by atoms with Crippen LogP contribution in [0, 0.1) is 18.8 Å². The number of aryl methyl sites for hydroxylation is 1. The molecule has 0 saturated heterocycles. The van der Waals surface area contributed by atoms with Gasteiger partial charge in [-0.1, -0.05) is 32.9 Å². The molecule has 0 radical (unpaired) electrons. The first kappa shape index (κ1) is 17.5. The van der Waals surface area contributed by atoms with Crippen LogP contribution in [-0.4, -0.2) is 21.3 Å². The molecule has 126 valence electrons. The number of rotatable bonds is 8. The van der Waals surface area contributed by atoms with Gasteiger partial charge in [0.1, 0.15) is 11.6 Å². The molecule has 2 rings (SSSR count). The van der Waals surface area contributed by atoms with Crippen LogP contribution in [0.2, 0.25) is 0 Å². The lowest BCUT2D eigenvalue weighted by atomic mass is 9.97. The number of hydrogen-bond donors (Lipinski definition) is 1. The van der Waals surface area contributed by atoms with E-state index in [0.717, 1.165) is 36.7 Å². The van der Waals surface area contributed by atoms with E-state index in [2.05, 4.69) is 30.3 Å². The minimum Gasteiger partial charge on any atom is -0.494 e. The number of benzene rings is 1. The van der Waals surface area contributed by atoms with Gasteiger partial charge in [-0.3, -0.25) is 0 Å². The van der Waals surface area contributed by atoms with E-state index in [1.807, 2.05) is 37.4 Å². The topological polar surface area (TPSA) is 47.3 Å². The molecule has 0 aliphatic carbocycles. The predicted molar refractivity (Wildman–Crippen MR) is 92.5 cm³/mol. The fourth-order valence-electron chi connectivity index (χ4n) is 2.51. The zero-order valence-corrected chi connectivity index (χ0v) is 14.6. The minimum atomic E-state index is -0.499. The van der Waals surface area contributed by atoms with Gasteiger partial charge >= 0.3 is 0 Å². The Morgan fingerprint density at radius 1 is 1.17 bits per heavy atom. The highest BCUT2D eigenvalue weighted by atomic mass is 16.5. The zero-order chi connectivity index (χ0) is 16.8. The molecule has 0 amide bonds. The Morgan fingerprint density at radius 3 is 2.43 bits per heavy atom. The maximum atomic E-state index is 10.5. The second-order valence-electron chi connectivity index (χ2n) is 6.65. The maximum absolute atomic E-state index is 10.5. The van der Waals surface area contributed by atoms with Crippen LogP contribution in [0.3, 0.4) is 0 Å². The Morgan fingerprint density at radius 2 is 1.87 bits per heavy atom. The van der Waals surface area contributed by atoms with Crippen LogP contribution in [0.1, 0.15) is 44.7 Å². The van der Waals surface area contributed by atoms with Gasteiger partial charge < -0.3 is 14.4 Å². The Bertz CT molecular complexity index is 590. The van der Waals surface area contributed by atoms with E-state index in [4.69, 9.17) is 4.74 Å². The molecule has 23 heavy (non-hydrogen) atoms. The van der Waals surface area contributed by atoms with Crippen LogP contribution in [0.5, 0.6) is 5.75 Å². The predicted octanol–water partition coefficient (Wildman–Crippen LogP) is 3.99. The molecule has 0 aliphatic heterocycles. The molecule has 4 heteroatoms. The summed E-state index contributed by atoms with van der Waals surface area (Å²) < 4.78 is 7.79. The van der Waals surface area contributed by atoms with Gasteiger partial charge in [0.2, 0.25) is 0 Å². The molecule has 0 spiro atoms. The van der Waals surface area contributed by atoms with Crippen LogP contribution in [0.4, 0.5) is 0 Å². The van der Waals surface area contributed by atoms with Crippen LogP contribution in [0.25, 0.3) is 0 Å². The molecular formula is C19H28N2O2. The van der Waals surface area contributed by atoms with Gasteiger partial charge in [0.15, 0.2) is 0 Å². The molecule has 2 aromatic rings. The summed E-state index contributed by atoms with van der Waals surface area (Å²) in [6.45, 7) is 9.88. The Balaban J connectivity index is 1.91. The van der Waals surface area contributed by atoms with Crippen molar-refractivity contribution >= 4 is 0 Å². The third-order valence-electron chi connectivity index (χ3n) is 4.13. The summed E-state index contributed by atoms with van der Waals surface area (Å²) in [5.74, 6) is 2.58. The maximum Gasteiger partial charge on any atom is 0.119 e. The molecule has 0 fully saturated rings. The highest BCUT2D eigenvalue weighted by Crippen LogP contribution is 2.25. The van der Waals surface area contributed by atoms with Crippen molar-refractivity contribution in [3.05, 3.63) is 48.0 Å². The molecule has 1 N–H and O–H groups in total. The van der Waals surface area contributed by atoms with E-state index in [1.54, 1.807) is 6.20 Å². The Labute approximate surface area is 139 Å². The van der Waals surface area contributed by atoms with Crippen LogP contribution in [0.15, 0.2) is 36.7 Å². The standard InChI is InChI=1S/C19H28N2O2/c1-14(2)9-12-23-18-7-5-17(6-8-18)19(22)15(3)13-21-11-10-20-16(21)4/h5-8,10-11,14-15,19,22H,9,12-13H2,1-4H3. The van der Waals surface area contributed by atoms with E-state index in [-0.39, 0.29) is 5.92 Å². The van der Waals surface area contributed by atoms with E-state index in [9.17, 15) is 5.11 Å². The highest BCUT2D eigenvalue weighted by molar-refractivity contribution is 5.28. The van der Waals surface area contributed by atoms with E-state index < -0.39 is 6.10 Å². The highest BCUT2D eigenvalue weighted by Gasteiger charge is 2.17. The van der Waals surface area contributed by atoms with Gasteiger partial charge in [0.05, 0.1) is 12.7 Å².